The van der Waals surface area contributed by atoms with Crippen LogP contribution < -0.4 is 0 Å². The molecule has 0 N–H and O–H groups in total. The monoisotopic (exact) mass is 332 g/mol. The van der Waals surface area contributed by atoms with Gasteiger partial charge in [-0.3, -0.25) is 4.79 Å². The molecule has 5 rings (SSSR count). The number of ether oxygens (including phenoxy) is 2. The van der Waals surface area contributed by atoms with E-state index in [1.807, 2.05) is 7.11 Å². The minimum Gasteiger partial charge on any atom is -0.465 e. The van der Waals surface area contributed by atoms with Crippen molar-refractivity contribution in [3.63, 3.8) is 0 Å². The maximum absolute atomic E-state index is 12.8. The molecule has 1 aliphatic heterocycles. The van der Waals surface area contributed by atoms with Crippen LogP contribution in [-0.4, -0.2) is 25.8 Å². The summed E-state index contributed by atoms with van der Waals surface area (Å²) in [5.41, 5.74) is 0.240. The summed E-state index contributed by atoms with van der Waals surface area (Å²) < 4.78 is 11.7. The van der Waals surface area contributed by atoms with Crippen LogP contribution >= 0.6 is 0 Å². The Bertz CT molecular complexity index is 545. The van der Waals surface area contributed by atoms with E-state index < -0.39 is 0 Å². The summed E-state index contributed by atoms with van der Waals surface area (Å²) in [7, 11) is 1.89. The molecule has 4 aliphatic carbocycles. The molecule has 0 aromatic carbocycles. The number of hydrogen-bond acceptors (Lipinski definition) is 3. The zero-order valence-electron chi connectivity index (χ0n) is 15.3. The summed E-state index contributed by atoms with van der Waals surface area (Å²) in [6.45, 7) is 3.24. The highest BCUT2D eigenvalue weighted by Crippen LogP contribution is 2.69. The van der Waals surface area contributed by atoms with Crippen molar-refractivity contribution in [2.75, 3.05) is 13.7 Å². The van der Waals surface area contributed by atoms with Gasteiger partial charge in [-0.2, -0.15) is 0 Å². The molecule has 24 heavy (non-hydrogen) atoms. The van der Waals surface area contributed by atoms with Gasteiger partial charge in [0.25, 0.3) is 0 Å². The summed E-state index contributed by atoms with van der Waals surface area (Å²) in [5.74, 6) is 3.36. The van der Waals surface area contributed by atoms with Crippen LogP contribution in [0.4, 0.5) is 0 Å². The van der Waals surface area contributed by atoms with Crippen molar-refractivity contribution >= 4 is 5.97 Å². The lowest BCUT2D eigenvalue weighted by Crippen LogP contribution is -2.60. The minimum atomic E-state index is -0.195. The van der Waals surface area contributed by atoms with Crippen LogP contribution in [0.3, 0.4) is 0 Å². The van der Waals surface area contributed by atoms with Crippen LogP contribution in [0.15, 0.2) is 0 Å². The van der Waals surface area contributed by atoms with E-state index in [1.165, 1.54) is 51.4 Å². The summed E-state index contributed by atoms with van der Waals surface area (Å²) in [4.78, 5) is 12.8. The van der Waals surface area contributed by atoms with Crippen molar-refractivity contribution in [3.05, 3.63) is 0 Å². The van der Waals surface area contributed by atoms with Gasteiger partial charge < -0.3 is 9.47 Å². The van der Waals surface area contributed by atoms with Gasteiger partial charge in [-0.15, -0.1) is 0 Å². The van der Waals surface area contributed by atoms with Crippen LogP contribution in [0.1, 0.15) is 64.7 Å². The van der Waals surface area contributed by atoms with Gasteiger partial charge >= 0.3 is 5.97 Å². The Labute approximate surface area is 145 Å². The van der Waals surface area contributed by atoms with E-state index in [1.54, 1.807) is 0 Å². The van der Waals surface area contributed by atoms with E-state index in [0.29, 0.717) is 35.7 Å². The fourth-order valence-corrected chi connectivity index (χ4v) is 8.30. The molecule has 1 heterocycles. The van der Waals surface area contributed by atoms with Crippen molar-refractivity contribution in [3.8, 4) is 0 Å². The Kier molecular flexibility index (Phi) is 3.41. The van der Waals surface area contributed by atoms with E-state index in [9.17, 15) is 4.79 Å². The quantitative estimate of drug-likeness (QED) is 0.675. The molecule has 0 radical (unpaired) electrons. The lowest BCUT2D eigenvalue weighted by molar-refractivity contribution is -0.188. The predicted octanol–water partition coefficient (Wildman–Crippen LogP) is 4.20. The van der Waals surface area contributed by atoms with Crippen LogP contribution in [0, 0.1) is 40.4 Å². The Morgan fingerprint density at radius 3 is 2.75 bits per heavy atom. The molecule has 1 saturated heterocycles. The molecule has 5 aliphatic rings. The molecule has 8 atom stereocenters. The SMILES string of the molecule is CO[C@H]1C[C@]23C(=O)OC[C@H]2CC[C@H]3[C@@H]2CC[C@H]3CCCC[C@]3(C)[C@H]21. The van der Waals surface area contributed by atoms with Crippen LogP contribution in [0.2, 0.25) is 0 Å². The lowest BCUT2D eigenvalue weighted by Gasteiger charge is -2.61. The molecule has 0 aromatic rings. The predicted molar refractivity (Wildman–Crippen MR) is 91.3 cm³/mol. The van der Waals surface area contributed by atoms with E-state index in [4.69, 9.17) is 9.47 Å². The van der Waals surface area contributed by atoms with E-state index in [0.717, 1.165) is 12.3 Å². The normalized spacial score (nSPS) is 56.0. The average molecular weight is 332 g/mol. The summed E-state index contributed by atoms with van der Waals surface area (Å²) in [6, 6.07) is 0. The van der Waals surface area contributed by atoms with E-state index >= 15 is 0 Å². The second-order valence-corrected chi connectivity index (χ2v) is 9.71. The largest absolute Gasteiger partial charge is 0.465 e. The van der Waals surface area contributed by atoms with Crippen LogP contribution in [0.25, 0.3) is 0 Å². The van der Waals surface area contributed by atoms with Crippen molar-refractivity contribution in [1.29, 1.82) is 0 Å². The fraction of sp³-hybridized carbons (Fsp3) is 0.952. The highest BCUT2D eigenvalue weighted by Gasteiger charge is 2.69. The highest BCUT2D eigenvalue weighted by molar-refractivity contribution is 5.80. The van der Waals surface area contributed by atoms with Gasteiger partial charge in [0.1, 0.15) is 0 Å². The van der Waals surface area contributed by atoms with Gasteiger partial charge in [0.05, 0.1) is 18.1 Å². The third-order valence-corrected chi connectivity index (χ3v) is 9.29. The zero-order valence-corrected chi connectivity index (χ0v) is 15.3. The maximum Gasteiger partial charge on any atom is 0.312 e. The molecule has 0 bridgehead atoms. The van der Waals surface area contributed by atoms with Crippen molar-refractivity contribution in [2.45, 2.75) is 70.8 Å². The second kappa shape index (κ2) is 5.22. The number of rotatable bonds is 1. The number of cyclic esters (lactones) is 1. The molecule has 0 unspecified atom stereocenters. The first-order chi connectivity index (χ1) is 11.6. The summed E-state index contributed by atoms with van der Waals surface area (Å²) >= 11 is 0. The second-order valence-electron chi connectivity index (χ2n) is 9.71. The zero-order chi connectivity index (χ0) is 16.5. The van der Waals surface area contributed by atoms with Crippen molar-refractivity contribution < 1.29 is 14.3 Å². The smallest absolute Gasteiger partial charge is 0.312 e. The molecule has 4 saturated carbocycles. The summed E-state index contributed by atoms with van der Waals surface area (Å²) in [5, 5.41) is 0. The molecular formula is C21H32O3. The molecule has 5 fully saturated rings. The fourth-order valence-electron chi connectivity index (χ4n) is 8.30. The molecular weight excluding hydrogens is 300 g/mol. The standard InChI is InChI=1S/C21H32O3/c1-20-10-4-3-5-13(20)6-8-15-16-9-7-14-12-24-19(22)21(14,16)11-17(23-2)18(15)20/h13-18H,3-12H2,1-2H3/t13-,14-,15+,16+,17+,18-,20+,21+/m1/s1. The number of esters is 1. The molecule has 0 amide bonds. The molecule has 0 aromatic heterocycles. The van der Waals surface area contributed by atoms with E-state index in [2.05, 4.69) is 6.92 Å². The lowest BCUT2D eigenvalue weighted by atomic mass is 9.44. The van der Waals surface area contributed by atoms with E-state index in [-0.39, 0.29) is 17.5 Å². The Balaban J connectivity index is 1.57. The number of carbonyl (C=O) groups excluding carboxylic acids is 1. The number of methoxy groups -OCH3 is 1. The van der Waals surface area contributed by atoms with Gasteiger partial charge in [0.15, 0.2) is 0 Å². The molecule has 134 valence electrons. The summed E-state index contributed by atoms with van der Waals surface area (Å²) in [6.07, 6.45) is 11.9. The van der Waals surface area contributed by atoms with Crippen molar-refractivity contribution in [1.82, 2.24) is 0 Å². The first-order valence-electron chi connectivity index (χ1n) is 10.3. The Morgan fingerprint density at radius 2 is 1.92 bits per heavy atom. The third kappa shape index (κ3) is 1.75. The minimum absolute atomic E-state index is 0.117. The molecule has 3 nitrogen and oxygen atoms in total. The van der Waals surface area contributed by atoms with Gasteiger partial charge in [-0.25, -0.2) is 0 Å². The van der Waals surface area contributed by atoms with Crippen LogP contribution in [0.5, 0.6) is 0 Å². The van der Waals surface area contributed by atoms with Gasteiger partial charge in [0.2, 0.25) is 0 Å². The van der Waals surface area contributed by atoms with Gasteiger partial charge in [-0.1, -0.05) is 19.8 Å². The Hall–Kier alpha value is -0.570. The average Bonchev–Trinajstić information content (AvgIpc) is 3.10. The topological polar surface area (TPSA) is 35.5 Å². The number of carbonyl (C=O) groups is 1. The van der Waals surface area contributed by atoms with Crippen molar-refractivity contribution in [2.24, 2.45) is 40.4 Å². The highest BCUT2D eigenvalue weighted by atomic mass is 16.5. The molecule has 3 heteroatoms. The van der Waals surface area contributed by atoms with Gasteiger partial charge in [-0.05, 0) is 74.0 Å². The van der Waals surface area contributed by atoms with Gasteiger partial charge in [0, 0.05) is 13.0 Å². The maximum atomic E-state index is 12.8. The Morgan fingerprint density at radius 1 is 1.08 bits per heavy atom. The van der Waals surface area contributed by atoms with Crippen LogP contribution in [-0.2, 0) is 14.3 Å². The first-order valence-corrected chi connectivity index (χ1v) is 10.3. The third-order valence-electron chi connectivity index (χ3n) is 9.29. The number of hydrogen-bond donors (Lipinski definition) is 0. The number of fused-ring (bicyclic) bond motifs is 4. The molecule has 1 spiro atoms. The first kappa shape index (κ1) is 15.7.